The molecule has 0 fully saturated rings. The van der Waals surface area contributed by atoms with Crippen LogP contribution in [0.15, 0.2) is 225 Å². The van der Waals surface area contributed by atoms with Crippen LogP contribution < -0.4 is 0 Å². The Hall–Kier alpha value is -9.78. The zero-order valence-electron chi connectivity index (χ0n) is 36.9. The molecule has 322 valence electrons. The van der Waals surface area contributed by atoms with Crippen molar-refractivity contribution in [1.82, 2.24) is 39.5 Å². The van der Waals surface area contributed by atoms with Crippen molar-refractivity contribution in [1.29, 1.82) is 5.26 Å². The molecule has 4 aromatic heterocycles. The van der Waals surface area contributed by atoms with Gasteiger partial charge in [-0.2, -0.15) is 5.26 Å². The predicted molar refractivity (Wildman–Crippen MR) is 274 cm³/mol. The van der Waals surface area contributed by atoms with Gasteiger partial charge in [0.05, 0.1) is 28.4 Å². The van der Waals surface area contributed by atoms with Crippen LogP contribution in [0.5, 0.6) is 0 Å². The third-order valence-electron chi connectivity index (χ3n) is 12.2. The van der Waals surface area contributed by atoms with Crippen molar-refractivity contribution < 1.29 is 0 Å². The molecule has 0 N–H and O–H groups in total. The molecule has 0 amide bonds. The number of pyridine rings is 1. The van der Waals surface area contributed by atoms with E-state index in [1.807, 2.05) is 164 Å². The Morgan fingerprint density at radius 1 is 0.333 bits per heavy atom. The topological polar surface area (TPSA) is 119 Å². The van der Waals surface area contributed by atoms with E-state index in [-0.39, 0.29) is 0 Å². The van der Waals surface area contributed by atoms with E-state index in [0.717, 1.165) is 83.1 Å². The predicted octanol–water partition coefficient (Wildman–Crippen LogP) is 13.8. The molecular formula is C60H37N9. The molecule has 0 aliphatic heterocycles. The summed E-state index contributed by atoms with van der Waals surface area (Å²) in [6.07, 6.45) is 3.65. The fraction of sp³-hybridized carbons (Fsp3) is 0. The van der Waals surface area contributed by atoms with Crippen molar-refractivity contribution in [3.63, 3.8) is 0 Å². The summed E-state index contributed by atoms with van der Waals surface area (Å²) in [6.45, 7) is 0. The largest absolute Gasteiger partial charge is 0.309 e. The summed E-state index contributed by atoms with van der Waals surface area (Å²) >= 11 is 0. The fourth-order valence-electron chi connectivity index (χ4n) is 8.94. The summed E-state index contributed by atoms with van der Waals surface area (Å²) in [5.41, 5.74) is 12.3. The molecule has 0 unspecified atom stereocenters. The van der Waals surface area contributed by atoms with E-state index >= 15 is 0 Å². The number of hydrogen-bond acceptors (Lipinski definition) is 8. The van der Waals surface area contributed by atoms with Gasteiger partial charge in [-0.1, -0.05) is 158 Å². The Morgan fingerprint density at radius 3 is 1.39 bits per heavy atom. The first-order chi connectivity index (χ1) is 34.1. The smallest absolute Gasteiger partial charge is 0.166 e. The third-order valence-corrected chi connectivity index (χ3v) is 12.2. The van der Waals surface area contributed by atoms with Gasteiger partial charge < -0.3 is 4.57 Å². The molecule has 8 aromatic carbocycles. The maximum absolute atomic E-state index is 9.74. The van der Waals surface area contributed by atoms with E-state index in [0.29, 0.717) is 40.5 Å². The molecular weight excluding hydrogens is 847 g/mol. The summed E-state index contributed by atoms with van der Waals surface area (Å²) in [5.74, 6) is 3.24. The van der Waals surface area contributed by atoms with Crippen molar-refractivity contribution in [3.8, 4) is 102 Å². The maximum atomic E-state index is 9.74. The minimum atomic E-state index is 0.478. The van der Waals surface area contributed by atoms with Gasteiger partial charge >= 0.3 is 0 Å². The first-order valence-electron chi connectivity index (χ1n) is 22.5. The molecule has 0 atom stereocenters. The summed E-state index contributed by atoms with van der Waals surface area (Å²) in [4.78, 5) is 35.4. The lowest BCUT2D eigenvalue weighted by Crippen LogP contribution is -2.04. The molecule has 0 radical (unpaired) electrons. The highest BCUT2D eigenvalue weighted by atomic mass is 15.0. The van der Waals surface area contributed by atoms with Gasteiger partial charge in [-0.3, -0.25) is 4.98 Å². The summed E-state index contributed by atoms with van der Waals surface area (Å²) in [7, 11) is 0. The Labute approximate surface area is 397 Å². The average molecular weight is 884 g/mol. The van der Waals surface area contributed by atoms with Crippen molar-refractivity contribution >= 4 is 21.8 Å². The Morgan fingerprint density at radius 2 is 0.812 bits per heavy atom. The van der Waals surface area contributed by atoms with Gasteiger partial charge in [-0.15, -0.1) is 0 Å². The van der Waals surface area contributed by atoms with Crippen LogP contribution in [0.4, 0.5) is 0 Å². The number of rotatable bonds is 9. The van der Waals surface area contributed by atoms with E-state index in [1.54, 1.807) is 0 Å². The number of fused-ring (bicyclic) bond motifs is 3. The lowest BCUT2D eigenvalue weighted by molar-refractivity contribution is 1.07. The standard InChI is InChI=1S/C60H37N9/c61-37-39-16-15-25-44(34-39)45-28-30-54-50(35-45)48-26-13-14-27-52(48)69(54)53-31-29-46(59-65-55(40-17-5-1-6-18-40)63-56(66-59)41-19-7-2-8-20-41)36-49(53)47-32-33-62-38-51(47)60-67-57(42-21-9-3-10-22-42)64-58(68-60)43-23-11-4-12-24-43/h1-36,38H. The minimum Gasteiger partial charge on any atom is -0.309 e. The highest BCUT2D eigenvalue weighted by Gasteiger charge is 2.23. The highest BCUT2D eigenvalue weighted by Crippen LogP contribution is 2.42. The van der Waals surface area contributed by atoms with Gasteiger partial charge in [0.15, 0.2) is 34.9 Å². The number of para-hydroxylation sites is 1. The number of nitriles is 1. The molecule has 4 heterocycles. The van der Waals surface area contributed by atoms with Crippen molar-refractivity contribution in [3.05, 3.63) is 230 Å². The van der Waals surface area contributed by atoms with Crippen LogP contribution in [0.3, 0.4) is 0 Å². The quantitative estimate of drug-likeness (QED) is 0.141. The van der Waals surface area contributed by atoms with Gasteiger partial charge in [-0.05, 0) is 71.3 Å². The fourth-order valence-corrected chi connectivity index (χ4v) is 8.94. The second-order valence-corrected chi connectivity index (χ2v) is 16.5. The number of nitrogens with zero attached hydrogens (tertiary/aromatic N) is 9. The van der Waals surface area contributed by atoms with Crippen LogP contribution in [0.2, 0.25) is 0 Å². The highest BCUT2D eigenvalue weighted by molar-refractivity contribution is 6.11. The maximum Gasteiger partial charge on any atom is 0.166 e. The van der Waals surface area contributed by atoms with Gasteiger partial charge in [0.1, 0.15) is 0 Å². The van der Waals surface area contributed by atoms with E-state index in [4.69, 9.17) is 34.9 Å². The molecule has 0 spiro atoms. The third kappa shape index (κ3) is 7.74. The lowest BCUT2D eigenvalue weighted by Gasteiger charge is -2.18. The summed E-state index contributed by atoms with van der Waals surface area (Å²) in [5, 5.41) is 11.9. The van der Waals surface area contributed by atoms with E-state index in [9.17, 15) is 5.26 Å². The Kier molecular flexibility index (Phi) is 10.4. The first kappa shape index (κ1) is 40.7. The average Bonchev–Trinajstić information content (AvgIpc) is 3.77. The summed E-state index contributed by atoms with van der Waals surface area (Å²) in [6, 6.07) is 73.4. The SMILES string of the molecule is N#Cc1cccc(-c2ccc3c(c2)c2ccccc2n3-c2ccc(-c3nc(-c4ccccc4)nc(-c4ccccc4)n3)cc2-c2ccncc2-c2nc(-c3ccccc3)nc(-c3ccccc3)n2)c1. The van der Waals surface area contributed by atoms with Gasteiger partial charge in [-0.25, -0.2) is 29.9 Å². The molecule has 0 saturated heterocycles. The van der Waals surface area contributed by atoms with Gasteiger partial charge in [0, 0.05) is 62.1 Å². The summed E-state index contributed by atoms with van der Waals surface area (Å²) < 4.78 is 2.32. The number of hydrogen-bond donors (Lipinski definition) is 0. The molecule has 12 aromatic rings. The second kappa shape index (κ2) is 17.5. The minimum absolute atomic E-state index is 0.478. The Bertz CT molecular complexity index is 3790. The van der Waals surface area contributed by atoms with Crippen molar-refractivity contribution in [2.45, 2.75) is 0 Å². The molecule has 0 aliphatic carbocycles. The molecule has 9 heteroatoms. The van der Waals surface area contributed by atoms with E-state index in [1.165, 1.54) is 0 Å². The van der Waals surface area contributed by atoms with Crippen LogP contribution in [0.25, 0.3) is 118 Å². The number of aromatic nitrogens is 8. The second-order valence-electron chi connectivity index (χ2n) is 16.5. The first-order valence-corrected chi connectivity index (χ1v) is 22.5. The van der Waals surface area contributed by atoms with Crippen LogP contribution >= 0.6 is 0 Å². The van der Waals surface area contributed by atoms with Gasteiger partial charge in [0.2, 0.25) is 0 Å². The molecule has 69 heavy (non-hydrogen) atoms. The van der Waals surface area contributed by atoms with Gasteiger partial charge in [0.25, 0.3) is 0 Å². The molecule has 12 rings (SSSR count). The van der Waals surface area contributed by atoms with Crippen molar-refractivity contribution in [2.75, 3.05) is 0 Å². The molecule has 0 aliphatic rings. The van der Waals surface area contributed by atoms with E-state index < -0.39 is 0 Å². The van der Waals surface area contributed by atoms with Crippen LogP contribution in [-0.2, 0) is 0 Å². The zero-order chi connectivity index (χ0) is 46.1. The van der Waals surface area contributed by atoms with Crippen molar-refractivity contribution in [2.24, 2.45) is 0 Å². The van der Waals surface area contributed by atoms with E-state index in [2.05, 4.69) is 71.3 Å². The normalized spacial score (nSPS) is 11.2. The zero-order valence-corrected chi connectivity index (χ0v) is 36.9. The molecule has 9 nitrogen and oxygen atoms in total. The molecule has 0 bridgehead atoms. The van der Waals surface area contributed by atoms with Crippen LogP contribution in [-0.4, -0.2) is 39.5 Å². The Balaban J connectivity index is 1.13. The molecule has 0 saturated carbocycles. The monoisotopic (exact) mass is 883 g/mol. The van der Waals surface area contributed by atoms with Crippen LogP contribution in [0.1, 0.15) is 5.56 Å². The lowest BCUT2D eigenvalue weighted by atomic mass is 9.96. The number of benzene rings is 8. The van der Waals surface area contributed by atoms with Crippen LogP contribution in [0, 0.1) is 11.3 Å².